The van der Waals surface area contributed by atoms with Crippen molar-refractivity contribution < 1.29 is 18.7 Å². The van der Waals surface area contributed by atoms with E-state index in [-0.39, 0.29) is 25.1 Å². The maximum Gasteiger partial charge on any atom is 0.338 e. The number of hydrogen-bond acceptors (Lipinski definition) is 5. The molecular weight excluding hydrogens is 343 g/mol. The van der Waals surface area contributed by atoms with E-state index in [0.717, 1.165) is 10.6 Å². The third-order valence-electron chi connectivity index (χ3n) is 4.36. The van der Waals surface area contributed by atoms with Crippen LogP contribution in [0.5, 0.6) is 0 Å². The number of benzene rings is 1. The lowest BCUT2D eigenvalue weighted by Gasteiger charge is -2.12. The van der Waals surface area contributed by atoms with E-state index in [9.17, 15) is 23.6 Å². The molecule has 0 spiro atoms. The van der Waals surface area contributed by atoms with Crippen LogP contribution in [0.4, 0.5) is 4.39 Å². The standard InChI is InChI=1S/C18H17FN2O5/c1-12(22)26-10-14-9-18(14,19)11-20-8-7-15(23)21(17(20)25)16(24)13-5-3-2-4-6-13/h2-8,14H,9-11H2,1H3/t14-,18-/m0/s1. The highest BCUT2D eigenvalue weighted by atomic mass is 19.1. The number of alkyl halides is 1. The van der Waals surface area contributed by atoms with E-state index < -0.39 is 34.7 Å². The van der Waals surface area contributed by atoms with Crippen molar-refractivity contribution in [3.8, 4) is 0 Å². The lowest BCUT2D eigenvalue weighted by Crippen LogP contribution is -2.44. The predicted molar refractivity (Wildman–Crippen MR) is 89.7 cm³/mol. The topological polar surface area (TPSA) is 87.4 Å². The molecule has 0 aliphatic heterocycles. The van der Waals surface area contributed by atoms with Gasteiger partial charge < -0.3 is 4.74 Å². The summed E-state index contributed by atoms with van der Waals surface area (Å²) in [5, 5.41) is 0. The number of ether oxygens (including phenoxy) is 1. The lowest BCUT2D eigenvalue weighted by atomic mass is 10.2. The van der Waals surface area contributed by atoms with Gasteiger partial charge in [0.25, 0.3) is 11.5 Å². The summed E-state index contributed by atoms with van der Waals surface area (Å²) in [7, 11) is 0. The van der Waals surface area contributed by atoms with E-state index in [4.69, 9.17) is 4.74 Å². The van der Waals surface area contributed by atoms with Crippen LogP contribution >= 0.6 is 0 Å². The van der Waals surface area contributed by atoms with Gasteiger partial charge in [-0.15, -0.1) is 0 Å². The maximum absolute atomic E-state index is 14.7. The maximum atomic E-state index is 14.7. The molecule has 0 unspecified atom stereocenters. The molecule has 8 heteroatoms. The highest BCUT2D eigenvalue weighted by Crippen LogP contribution is 2.48. The molecule has 0 radical (unpaired) electrons. The Balaban J connectivity index is 1.85. The molecule has 1 aliphatic rings. The van der Waals surface area contributed by atoms with E-state index in [0.29, 0.717) is 4.57 Å². The van der Waals surface area contributed by atoms with Crippen LogP contribution in [0.15, 0.2) is 52.2 Å². The Labute approximate surface area is 147 Å². The van der Waals surface area contributed by atoms with Gasteiger partial charge in [-0.3, -0.25) is 19.0 Å². The van der Waals surface area contributed by atoms with Crippen molar-refractivity contribution in [1.29, 1.82) is 0 Å². The van der Waals surface area contributed by atoms with Crippen LogP contribution < -0.4 is 11.2 Å². The van der Waals surface area contributed by atoms with Gasteiger partial charge in [-0.1, -0.05) is 18.2 Å². The average molecular weight is 360 g/mol. The molecule has 0 saturated heterocycles. The smallest absolute Gasteiger partial charge is 0.338 e. The van der Waals surface area contributed by atoms with Crippen LogP contribution in [0.3, 0.4) is 0 Å². The second-order valence-electron chi connectivity index (χ2n) is 6.31. The number of esters is 1. The van der Waals surface area contributed by atoms with Crippen LogP contribution in [-0.2, 0) is 16.1 Å². The highest BCUT2D eigenvalue weighted by molar-refractivity contribution is 5.95. The van der Waals surface area contributed by atoms with E-state index in [1.165, 1.54) is 25.3 Å². The zero-order valence-electron chi connectivity index (χ0n) is 14.1. The molecule has 2 atom stereocenters. The fourth-order valence-electron chi connectivity index (χ4n) is 2.79. The monoisotopic (exact) mass is 360 g/mol. The molecular formula is C18H17FN2O5. The van der Waals surface area contributed by atoms with Crippen LogP contribution in [0.1, 0.15) is 23.7 Å². The minimum absolute atomic E-state index is 0.0663. The summed E-state index contributed by atoms with van der Waals surface area (Å²) in [6, 6.07) is 8.94. The van der Waals surface area contributed by atoms with Gasteiger partial charge in [-0.05, 0) is 18.6 Å². The van der Waals surface area contributed by atoms with Crippen molar-refractivity contribution in [2.24, 2.45) is 5.92 Å². The molecule has 1 saturated carbocycles. The summed E-state index contributed by atoms with van der Waals surface area (Å²) in [5.74, 6) is -1.78. The summed E-state index contributed by atoms with van der Waals surface area (Å²) in [6.45, 7) is 0.848. The fraction of sp³-hybridized carbons (Fsp3) is 0.333. The van der Waals surface area contributed by atoms with Gasteiger partial charge in [0.2, 0.25) is 0 Å². The number of carbonyl (C=O) groups is 2. The van der Waals surface area contributed by atoms with Gasteiger partial charge in [0.1, 0.15) is 5.67 Å². The molecule has 7 nitrogen and oxygen atoms in total. The van der Waals surface area contributed by atoms with Crippen LogP contribution in [0.25, 0.3) is 0 Å². The predicted octanol–water partition coefficient (Wildman–Crippen LogP) is 0.990. The Kier molecular flexibility index (Phi) is 4.58. The molecule has 1 aliphatic carbocycles. The van der Waals surface area contributed by atoms with Crippen molar-refractivity contribution >= 4 is 11.9 Å². The summed E-state index contributed by atoms with van der Waals surface area (Å²) < 4.78 is 21.0. The molecule has 1 heterocycles. The molecule has 1 aromatic carbocycles. The summed E-state index contributed by atoms with van der Waals surface area (Å²) in [4.78, 5) is 47.8. The molecule has 2 aromatic rings. The summed E-state index contributed by atoms with van der Waals surface area (Å²) >= 11 is 0. The SMILES string of the molecule is CC(=O)OC[C@@H]1C[C@]1(F)Cn1ccc(=O)n(C(=O)c2ccccc2)c1=O. The Morgan fingerprint density at radius 1 is 1.23 bits per heavy atom. The number of hydrogen-bond donors (Lipinski definition) is 0. The van der Waals surface area contributed by atoms with E-state index in [2.05, 4.69) is 0 Å². The third-order valence-corrected chi connectivity index (χ3v) is 4.36. The molecule has 3 rings (SSSR count). The zero-order valence-corrected chi connectivity index (χ0v) is 14.1. The van der Waals surface area contributed by atoms with E-state index in [1.54, 1.807) is 18.2 Å². The minimum Gasteiger partial charge on any atom is -0.465 e. The second kappa shape index (κ2) is 6.70. The molecule has 1 fully saturated rings. The lowest BCUT2D eigenvalue weighted by molar-refractivity contribution is -0.141. The van der Waals surface area contributed by atoms with Crippen molar-refractivity contribution in [3.63, 3.8) is 0 Å². The Bertz CT molecular complexity index is 966. The third kappa shape index (κ3) is 3.49. The van der Waals surface area contributed by atoms with Gasteiger partial charge in [0.05, 0.1) is 13.2 Å². The zero-order chi connectivity index (χ0) is 18.9. The average Bonchev–Trinajstić information content (AvgIpc) is 3.26. The first kappa shape index (κ1) is 17.8. The number of halogens is 1. The fourth-order valence-corrected chi connectivity index (χ4v) is 2.79. The number of nitrogens with zero attached hydrogens (tertiary/aromatic N) is 2. The van der Waals surface area contributed by atoms with Gasteiger partial charge in [0, 0.05) is 30.7 Å². The normalized spacial score (nSPS) is 21.2. The second-order valence-corrected chi connectivity index (χ2v) is 6.31. The number of rotatable bonds is 5. The highest BCUT2D eigenvalue weighted by Gasteiger charge is 2.56. The molecule has 0 bridgehead atoms. The van der Waals surface area contributed by atoms with Crippen molar-refractivity contribution in [1.82, 2.24) is 9.13 Å². The Morgan fingerprint density at radius 2 is 1.92 bits per heavy atom. The summed E-state index contributed by atoms with van der Waals surface area (Å²) in [6.07, 6.45) is 1.31. The first-order valence-electron chi connectivity index (χ1n) is 8.06. The molecule has 26 heavy (non-hydrogen) atoms. The van der Waals surface area contributed by atoms with Gasteiger partial charge in [0.15, 0.2) is 0 Å². The molecule has 136 valence electrons. The summed E-state index contributed by atoms with van der Waals surface area (Å²) in [5.41, 5.74) is -3.21. The van der Waals surface area contributed by atoms with Crippen LogP contribution in [-0.4, -0.2) is 33.3 Å². The molecule has 0 amide bonds. The van der Waals surface area contributed by atoms with Crippen molar-refractivity contribution in [2.75, 3.05) is 6.61 Å². The Morgan fingerprint density at radius 3 is 2.58 bits per heavy atom. The first-order chi connectivity index (χ1) is 12.3. The van der Waals surface area contributed by atoms with Crippen molar-refractivity contribution in [3.05, 3.63) is 69.0 Å². The largest absolute Gasteiger partial charge is 0.465 e. The number of aromatic nitrogens is 2. The molecule has 0 N–H and O–H groups in total. The number of carbonyl (C=O) groups excluding carboxylic acids is 2. The Hall–Kier alpha value is -3.03. The minimum atomic E-state index is -1.71. The van der Waals surface area contributed by atoms with Crippen molar-refractivity contribution in [2.45, 2.75) is 25.6 Å². The van der Waals surface area contributed by atoms with Crippen LogP contribution in [0, 0.1) is 5.92 Å². The van der Waals surface area contributed by atoms with E-state index >= 15 is 0 Å². The van der Waals surface area contributed by atoms with Gasteiger partial charge in [-0.25, -0.2) is 9.18 Å². The molecule has 1 aromatic heterocycles. The van der Waals surface area contributed by atoms with Gasteiger partial charge in [-0.2, -0.15) is 4.57 Å². The van der Waals surface area contributed by atoms with E-state index in [1.807, 2.05) is 0 Å². The quantitative estimate of drug-likeness (QED) is 0.742. The van der Waals surface area contributed by atoms with Gasteiger partial charge >= 0.3 is 11.7 Å². The van der Waals surface area contributed by atoms with Crippen LogP contribution in [0.2, 0.25) is 0 Å². The first-order valence-corrected chi connectivity index (χ1v) is 8.06.